The Balaban J connectivity index is 1.26. The Labute approximate surface area is 235 Å². The lowest BCUT2D eigenvalue weighted by molar-refractivity contribution is -0.127. The molecule has 1 atom stereocenters. The Kier molecular flexibility index (Phi) is 9.76. The summed E-state index contributed by atoms with van der Waals surface area (Å²) in [5.74, 6) is 0.745. The minimum absolute atomic E-state index is 0.0198. The van der Waals surface area contributed by atoms with Gasteiger partial charge in [-0.2, -0.15) is 0 Å². The first-order valence-corrected chi connectivity index (χ1v) is 15.6. The van der Waals surface area contributed by atoms with Crippen molar-refractivity contribution in [2.75, 3.05) is 43.8 Å². The SMILES string of the molecule is CS(=O)(=O)Nc1ccc(C2CCN(C(CO)C3CCN(C(=O)/C=C/c4ccc(Cl)c(Cl)c4)CC3)CC2)cc1. The number of aliphatic hydroxyl groups is 1. The summed E-state index contributed by atoms with van der Waals surface area (Å²) in [5, 5.41) is 11.2. The van der Waals surface area contributed by atoms with Gasteiger partial charge in [-0.15, -0.1) is 0 Å². The maximum absolute atomic E-state index is 12.7. The van der Waals surface area contributed by atoms with E-state index in [1.165, 1.54) is 5.56 Å². The molecule has 1 unspecified atom stereocenters. The van der Waals surface area contributed by atoms with E-state index < -0.39 is 10.0 Å². The minimum Gasteiger partial charge on any atom is -0.395 e. The van der Waals surface area contributed by atoms with Gasteiger partial charge >= 0.3 is 0 Å². The molecule has 0 saturated carbocycles. The molecule has 0 bridgehead atoms. The number of aliphatic hydroxyl groups excluding tert-OH is 1. The first kappa shape index (κ1) is 28.9. The Bertz CT molecular complexity index is 1240. The molecule has 2 fully saturated rings. The summed E-state index contributed by atoms with van der Waals surface area (Å²) in [4.78, 5) is 17.0. The van der Waals surface area contributed by atoms with Gasteiger partial charge in [-0.25, -0.2) is 8.42 Å². The molecule has 2 N–H and O–H groups in total. The number of rotatable bonds is 8. The molecule has 2 aromatic carbocycles. The smallest absolute Gasteiger partial charge is 0.246 e. The Morgan fingerprint density at radius 2 is 1.68 bits per heavy atom. The van der Waals surface area contributed by atoms with Crippen LogP contribution in [0.3, 0.4) is 0 Å². The molecule has 0 radical (unpaired) electrons. The molecule has 2 aromatic rings. The van der Waals surface area contributed by atoms with Crippen LogP contribution < -0.4 is 4.72 Å². The van der Waals surface area contributed by atoms with Gasteiger partial charge in [0.1, 0.15) is 0 Å². The Morgan fingerprint density at radius 1 is 1.03 bits per heavy atom. The molecule has 0 aromatic heterocycles. The molecule has 10 heteroatoms. The summed E-state index contributed by atoms with van der Waals surface area (Å²) in [5.41, 5.74) is 2.61. The molecular weight excluding hydrogens is 545 g/mol. The predicted molar refractivity (Wildman–Crippen MR) is 154 cm³/mol. The molecule has 2 aliphatic rings. The molecule has 2 heterocycles. The van der Waals surface area contributed by atoms with E-state index in [9.17, 15) is 18.3 Å². The normalized spacial score (nSPS) is 19.1. The minimum atomic E-state index is -3.28. The van der Waals surface area contributed by atoms with Crippen LogP contribution in [0, 0.1) is 5.92 Å². The quantitative estimate of drug-likeness (QED) is 0.436. The second kappa shape index (κ2) is 12.8. The predicted octanol–water partition coefficient (Wildman–Crippen LogP) is 4.86. The number of sulfonamides is 1. The zero-order valence-corrected chi connectivity index (χ0v) is 23.9. The van der Waals surface area contributed by atoms with Gasteiger partial charge in [-0.1, -0.05) is 41.4 Å². The number of piperidine rings is 2. The molecule has 206 valence electrons. The average Bonchev–Trinajstić information content (AvgIpc) is 2.90. The first-order chi connectivity index (χ1) is 18.1. The summed E-state index contributed by atoms with van der Waals surface area (Å²) < 4.78 is 25.4. The Morgan fingerprint density at radius 3 is 2.26 bits per heavy atom. The summed E-state index contributed by atoms with van der Waals surface area (Å²) in [6, 6.07) is 13.0. The fraction of sp³-hybridized carbons (Fsp3) is 0.464. The highest BCUT2D eigenvalue weighted by atomic mass is 35.5. The van der Waals surface area contributed by atoms with Gasteiger partial charge in [0.25, 0.3) is 0 Å². The van der Waals surface area contributed by atoms with Crippen LogP contribution in [-0.4, -0.2) is 74.3 Å². The topological polar surface area (TPSA) is 89.9 Å². The van der Waals surface area contributed by atoms with E-state index in [2.05, 4.69) is 9.62 Å². The van der Waals surface area contributed by atoms with E-state index in [0.29, 0.717) is 40.7 Å². The highest BCUT2D eigenvalue weighted by molar-refractivity contribution is 7.92. The number of benzene rings is 2. The largest absolute Gasteiger partial charge is 0.395 e. The molecule has 4 rings (SSSR count). The summed E-state index contributed by atoms with van der Waals surface area (Å²) >= 11 is 12.0. The van der Waals surface area contributed by atoms with Gasteiger partial charge in [-0.05, 0) is 92.1 Å². The van der Waals surface area contributed by atoms with Crippen LogP contribution >= 0.6 is 23.2 Å². The third kappa shape index (κ3) is 7.73. The van der Waals surface area contributed by atoms with Crippen LogP contribution in [0.4, 0.5) is 5.69 Å². The van der Waals surface area contributed by atoms with Crippen molar-refractivity contribution in [3.63, 3.8) is 0 Å². The van der Waals surface area contributed by atoms with Crippen LogP contribution in [0.25, 0.3) is 6.08 Å². The number of hydrogen-bond acceptors (Lipinski definition) is 5. The van der Waals surface area contributed by atoms with Crippen LogP contribution in [0.15, 0.2) is 48.5 Å². The van der Waals surface area contributed by atoms with Gasteiger partial charge in [-0.3, -0.25) is 14.4 Å². The van der Waals surface area contributed by atoms with Crippen LogP contribution in [0.1, 0.15) is 42.7 Å². The third-order valence-electron chi connectivity index (χ3n) is 7.63. The number of carbonyl (C=O) groups is 1. The monoisotopic (exact) mass is 579 g/mol. The number of likely N-dealkylation sites (tertiary alicyclic amines) is 2. The molecule has 38 heavy (non-hydrogen) atoms. The van der Waals surface area contributed by atoms with E-state index in [-0.39, 0.29) is 18.6 Å². The number of nitrogens with one attached hydrogen (secondary N) is 1. The van der Waals surface area contributed by atoms with Gasteiger partial charge in [0.05, 0.1) is 22.9 Å². The maximum Gasteiger partial charge on any atom is 0.246 e. The van der Waals surface area contributed by atoms with Gasteiger partial charge in [0.2, 0.25) is 15.9 Å². The molecule has 0 aliphatic carbocycles. The highest BCUT2D eigenvalue weighted by Crippen LogP contribution is 2.33. The van der Waals surface area contributed by atoms with Crippen molar-refractivity contribution in [2.45, 2.75) is 37.6 Å². The molecule has 1 amide bonds. The lowest BCUT2D eigenvalue weighted by Crippen LogP contribution is -2.50. The average molecular weight is 581 g/mol. The summed E-state index contributed by atoms with van der Waals surface area (Å²) in [6.45, 7) is 3.29. The number of amides is 1. The summed E-state index contributed by atoms with van der Waals surface area (Å²) in [6.07, 6.45) is 8.20. The van der Waals surface area contributed by atoms with Crippen molar-refractivity contribution in [3.8, 4) is 0 Å². The standard InChI is InChI=1S/C28H35Cl2N3O4S/c1-38(36,37)31-24-6-4-21(5-7-24)22-10-14-32(15-11-22)27(19-34)23-12-16-33(17-13-23)28(35)9-3-20-2-8-25(29)26(30)18-20/h2-9,18,22-23,27,31,34H,10-17,19H2,1H3/b9-3+. The van der Waals surface area contributed by atoms with E-state index in [1.54, 1.807) is 24.3 Å². The fourth-order valence-electron chi connectivity index (χ4n) is 5.56. The molecule has 0 spiro atoms. The molecule has 2 aliphatic heterocycles. The number of carbonyl (C=O) groups excluding carboxylic acids is 1. The Hall–Kier alpha value is -2.10. The van der Waals surface area contributed by atoms with Gasteiger partial charge < -0.3 is 10.0 Å². The van der Waals surface area contributed by atoms with E-state index in [0.717, 1.165) is 50.6 Å². The molecular formula is C28H35Cl2N3O4S. The van der Waals surface area contributed by atoms with Gasteiger partial charge in [0, 0.05) is 30.9 Å². The number of hydrogen-bond donors (Lipinski definition) is 2. The second-order valence-corrected chi connectivity index (χ2v) is 12.8. The van der Waals surface area contributed by atoms with Crippen LogP contribution in [0.5, 0.6) is 0 Å². The lowest BCUT2D eigenvalue weighted by atomic mass is 9.85. The van der Waals surface area contributed by atoms with E-state index >= 15 is 0 Å². The maximum atomic E-state index is 12.7. The highest BCUT2D eigenvalue weighted by Gasteiger charge is 2.33. The second-order valence-electron chi connectivity index (χ2n) is 10.2. The number of nitrogens with zero attached hydrogens (tertiary/aromatic N) is 2. The van der Waals surface area contributed by atoms with Crippen molar-refractivity contribution in [2.24, 2.45) is 5.92 Å². The van der Waals surface area contributed by atoms with Crippen LogP contribution in [-0.2, 0) is 14.8 Å². The van der Waals surface area contributed by atoms with Crippen molar-refractivity contribution >= 4 is 50.9 Å². The number of anilines is 1. The van der Waals surface area contributed by atoms with Crippen molar-refractivity contribution in [1.29, 1.82) is 0 Å². The van der Waals surface area contributed by atoms with Crippen LogP contribution in [0.2, 0.25) is 10.0 Å². The van der Waals surface area contributed by atoms with E-state index in [1.807, 2.05) is 35.2 Å². The molecule has 7 nitrogen and oxygen atoms in total. The van der Waals surface area contributed by atoms with Crippen molar-refractivity contribution in [1.82, 2.24) is 9.80 Å². The van der Waals surface area contributed by atoms with E-state index in [4.69, 9.17) is 23.2 Å². The lowest BCUT2D eigenvalue weighted by Gasteiger charge is -2.43. The fourth-order valence-corrected chi connectivity index (χ4v) is 6.43. The number of halogens is 2. The first-order valence-electron chi connectivity index (χ1n) is 13.0. The summed E-state index contributed by atoms with van der Waals surface area (Å²) in [7, 11) is -3.28. The molecule has 2 saturated heterocycles. The zero-order chi connectivity index (χ0) is 27.3. The van der Waals surface area contributed by atoms with Crippen molar-refractivity contribution in [3.05, 3.63) is 69.7 Å². The van der Waals surface area contributed by atoms with Gasteiger partial charge in [0.15, 0.2) is 0 Å². The third-order valence-corrected chi connectivity index (χ3v) is 8.97. The zero-order valence-electron chi connectivity index (χ0n) is 21.5. The van der Waals surface area contributed by atoms with Crippen molar-refractivity contribution < 1.29 is 18.3 Å².